The molecule has 150 valence electrons. The van der Waals surface area contributed by atoms with Gasteiger partial charge in [0.05, 0.1) is 33.8 Å². The summed E-state index contributed by atoms with van der Waals surface area (Å²) in [6.07, 6.45) is 7.60. The fourth-order valence-corrected chi connectivity index (χ4v) is 5.30. The van der Waals surface area contributed by atoms with E-state index in [1.54, 1.807) is 30.8 Å². The molecule has 3 aromatic rings. The van der Waals surface area contributed by atoms with Gasteiger partial charge in [-0.05, 0) is 42.2 Å². The van der Waals surface area contributed by atoms with Crippen LogP contribution in [0.3, 0.4) is 0 Å². The van der Waals surface area contributed by atoms with E-state index >= 15 is 0 Å². The van der Waals surface area contributed by atoms with E-state index in [2.05, 4.69) is 17.0 Å². The molecule has 1 amide bonds. The van der Waals surface area contributed by atoms with Crippen molar-refractivity contribution in [1.29, 1.82) is 0 Å². The number of terminal acetylenes is 1. The van der Waals surface area contributed by atoms with Crippen molar-refractivity contribution >= 4 is 49.1 Å². The molecule has 0 radical (unpaired) electrons. The van der Waals surface area contributed by atoms with E-state index in [1.165, 1.54) is 23.5 Å². The molecule has 0 N–H and O–H groups in total. The second-order valence-corrected chi connectivity index (χ2v) is 10.4. The number of hydrogen-bond acceptors (Lipinski definition) is 5. The van der Waals surface area contributed by atoms with Crippen LogP contribution in [0.1, 0.15) is 12.5 Å². The average Bonchev–Trinajstić information content (AvgIpc) is 3.04. The zero-order valence-corrected chi connectivity index (χ0v) is 18.5. The van der Waals surface area contributed by atoms with Gasteiger partial charge in [-0.25, -0.2) is 8.42 Å². The molecule has 0 bridgehead atoms. The zero-order chi connectivity index (χ0) is 21.0. The molecule has 0 aliphatic carbocycles. The van der Waals surface area contributed by atoms with Crippen LogP contribution in [0.2, 0.25) is 0 Å². The Kier molecular flexibility index (Phi) is 6.63. The molecule has 0 saturated heterocycles. The summed E-state index contributed by atoms with van der Waals surface area (Å²) in [4.78, 5) is 18.8. The summed E-state index contributed by atoms with van der Waals surface area (Å²) < 4.78 is 26.7. The number of thiazole rings is 1. The third-order valence-electron chi connectivity index (χ3n) is 4.38. The number of amides is 1. The molecule has 0 aliphatic rings. The van der Waals surface area contributed by atoms with E-state index < -0.39 is 9.84 Å². The molecule has 0 saturated carbocycles. The van der Waals surface area contributed by atoms with Crippen molar-refractivity contribution in [2.45, 2.75) is 29.7 Å². The van der Waals surface area contributed by atoms with E-state index in [1.807, 2.05) is 23.0 Å². The molecule has 0 atom stereocenters. The molecule has 1 heterocycles. The maximum absolute atomic E-state index is 12.5. The molecule has 8 heteroatoms. The summed E-state index contributed by atoms with van der Waals surface area (Å²) in [7, 11) is -3.26. The van der Waals surface area contributed by atoms with Gasteiger partial charge < -0.3 is 4.57 Å². The van der Waals surface area contributed by atoms with Crippen LogP contribution in [0.15, 0.2) is 57.2 Å². The SMILES string of the molecule is C#CCn1c(=NC(=O)Cc2ccc(S(=O)(=O)CC)cc2)sc2cc(SC)ccc21. The fourth-order valence-electron chi connectivity index (χ4n) is 2.81. The Morgan fingerprint density at radius 1 is 1.24 bits per heavy atom. The molecule has 0 aliphatic heterocycles. The molecule has 5 nitrogen and oxygen atoms in total. The largest absolute Gasteiger partial charge is 0.305 e. The molecule has 2 aromatic carbocycles. The Hall–Kier alpha value is -2.34. The van der Waals surface area contributed by atoms with Crippen LogP contribution in [0.4, 0.5) is 0 Å². The van der Waals surface area contributed by atoms with Gasteiger partial charge in [-0.3, -0.25) is 4.79 Å². The standard InChI is InChI=1S/C21H20N2O3S3/c1-4-12-23-18-11-8-16(27-3)14-19(18)28-21(23)22-20(24)13-15-6-9-17(10-7-15)29(25,26)5-2/h1,6-11,14H,5,12-13H2,2-3H3. The van der Waals surface area contributed by atoms with Gasteiger partial charge >= 0.3 is 0 Å². The Labute approximate surface area is 178 Å². The first-order valence-electron chi connectivity index (χ1n) is 8.88. The Bertz CT molecular complexity index is 1260. The highest BCUT2D eigenvalue weighted by Gasteiger charge is 2.12. The minimum atomic E-state index is -3.26. The fraction of sp³-hybridized carbons (Fsp3) is 0.238. The first-order chi connectivity index (χ1) is 13.9. The van der Waals surface area contributed by atoms with Crippen LogP contribution in [0.5, 0.6) is 0 Å². The van der Waals surface area contributed by atoms with Crippen LogP contribution in [0.25, 0.3) is 10.2 Å². The normalized spacial score (nSPS) is 12.2. The predicted octanol–water partition coefficient (Wildman–Crippen LogP) is 3.52. The Morgan fingerprint density at radius 3 is 2.59 bits per heavy atom. The molecule has 0 fully saturated rings. The second-order valence-electron chi connectivity index (χ2n) is 6.24. The quantitative estimate of drug-likeness (QED) is 0.431. The first kappa shape index (κ1) is 21.4. The van der Waals surface area contributed by atoms with Crippen LogP contribution in [-0.4, -0.2) is 30.9 Å². The second kappa shape index (κ2) is 8.99. The van der Waals surface area contributed by atoms with E-state index in [-0.39, 0.29) is 23.0 Å². The highest BCUT2D eigenvalue weighted by molar-refractivity contribution is 7.98. The Balaban J connectivity index is 1.91. The van der Waals surface area contributed by atoms with Crippen molar-refractivity contribution < 1.29 is 13.2 Å². The van der Waals surface area contributed by atoms with Gasteiger partial charge in [-0.15, -0.1) is 18.2 Å². The van der Waals surface area contributed by atoms with Gasteiger partial charge in [0.1, 0.15) is 0 Å². The molecular weight excluding hydrogens is 424 g/mol. The predicted molar refractivity (Wildman–Crippen MR) is 119 cm³/mol. The van der Waals surface area contributed by atoms with Gasteiger partial charge in [0, 0.05) is 4.90 Å². The van der Waals surface area contributed by atoms with Gasteiger partial charge in [0.15, 0.2) is 14.6 Å². The molecular formula is C21H20N2O3S3. The van der Waals surface area contributed by atoms with E-state index in [0.29, 0.717) is 16.9 Å². The number of aromatic nitrogens is 1. The summed E-state index contributed by atoms with van der Waals surface area (Å²) in [5.74, 6) is 2.35. The number of carbonyl (C=O) groups is 1. The monoisotopic (exact) mass is 444 g/mol. The van der Waals surface area contributed by atoms with E-state index in [9.17, 15) is 13.2 Å². The Morgan fingerprint density at radius 2 is 1.97 bits per heavy atom. The van der Waals surface area contributed by atoms with Crippen molar-refractivity contribution in [3.05, 3.63) is 52.8 Å². The summed E-state index contributed by atoms with van der Waals surface area (Å²) in [5.41, 5.74) is 1.66. The summed E-state index contributed by atoms with van der Waals surface area (Å²) in [6.45, 7) is 1.93. The van der Waals surface area contributed by atoms with Crippen LogP contribution >= 0.6 is 23.1 Å². The van der Waals surface area contributed by atoms with Crippen LogP contribution in [0, 0.1) is 12.3 Å². The van der Waals surface area contributed by atoms with Gasteiger partial charge in [0.2, 0.25) is 0 Å². The molecule has 0 unspecified atom stereocenters. The van der Waals surface area contributed by atoms with Crippen LogP contribution < -0.4 is 4.80 Å². The number of nitrogens with zero attached hydrogens (tertiary/aromatic N) is 2. The number of carbonyl (C=O) groups excluding carboxylic acids is 1. The summed E-state index contributed by atoms with van der Waals surface area (Å²) in [5, 5.41) is 0. The lowest BCUT2D eigenvalue weighted by Crippen LogP contribution is -2.17. The third kappa shape index (κ3) is 4.81. The van der Waals surface area contributed by atoms with Gasteiger partial charge in [-0.1, -0.05) is 36.3 Å². The molecule has 0 spiro atoms. The van der Waals surface area contributed by atoms with Crippen molar-refractivity contribution in [3.8, 4) is 12.3 Å². The minimum absolute atomic E-state index is 0.0416. The maximum Gasteiger partial charge on any atom is 0.252 e. The van der Waals surface area contributed by atoms with Crippen molar-refractivity contribution in [2.75, 3.05) is 12.0 Å². The lowest BCUT2D eigenvalue weighted by molar-refractivity contribution is -0.117. The average molecular weight is 445 g/mol. The number of rotatable bonds is 6. The number of benzene rings is 2. The number of sulfone groups is 1. The van der Waals surface area contributed by atoms with Crippen molar-refractivity contribution in [2.24, 2.45) is 4.99 Å². The van der Waals surface area contributed by atoms with E-state index in [4.69, 9.17) is 6.42 Å². The topological polar surface area (TPSA) is 68.5 Å². The molecule has 1 aromatic heterocycles. The zero-order valence-electron chi connectivity index (χ0n) is 16.1. The number of fused-ring (bicyclic) bond motifs is 1. The summed E-state index contributed by atoms with van der Waals surface area (Å²) in [6, 6.07) is 12.4. The molecule has 3 rings (SSSR count). The minimum Gasteiger partial charge on any atom is -0.305 e. The van der Waals surface area contributed by atoms with Gasteiger partial charge in [0.25, 0.3) is 5.91 Å². The smallest absolute Gasteiger partial charge is 0.252 e. The highest BCUT2D eigenvalue weighted by atomic mass is 32.2. The lowest BCUT2D eigenvalue weighted by atomic mass is 10.1. The van der Waals surface area contributed by atoms with E-state index in [0.717, 1.165) is 15.1 Å². The van der Waals surface area contributed by atoms with Crippen molar-refractivity contribution in [1.82, 2.24) is 4.57 Å². The first-order valence-corrected chi connectivity index (χ1v) is 12.6. The van der Waals surface area contributed by atoms with Gasteiger partial charge in [-0.2, -0.15) is 4.99 Å². The molecule has 29 heavy (non-hydrogen) atoms. The number of thioether (sulfide) groups is 1. The maximum atomic E-state index is 12.5. The lowest BCUT2D eigenvalue weighted by Gasteiger charge is -2.03. The third-order valence-corrected chi connectivity index (χ3v) is 7.89. The summed E-state index contributed by atoms with van der Waals surface area (Å²) >= 11 is 3.08. The number of hydrogen-bond donors (Lipinski definition) is 0. The highest BCUT2D eigenvalue weighted by Crippen LogP contribution is 2.24. The van der Waals surface area contributed by atoms with Crippen LogP contribution in [-0.2, 0) is 27.6 Å². The van der Waals surface area contributed by atoms with Crippen molar-refractivity contribution in [3.63, 3.8) is 0 Å².